The van der Waals surface area contributed by atoms with E-state index in [1.807, 2.05) is 0 Å². The molecule has 0 radical (unpaired) electrons. The molecule has 8 nitrogen and oxygen atoms in total. The topological polar surface area (TPSA) is 102 Å². The third-order valence-electron chi connectivity index (χ3n) is 6.50. The summed E-state index contributed by atoms with van der Waals surface area (Å²) in [7, 11) is 0. The van der Waals surface area contributed by atoms with E-state index in [0.29, 0.717) is 28.7 Å². The van der Waals surface area contributed by atoms with Crippen LogP contribution in [0.3, 0.4) is 0 Å². The number of nitrogens with two attached hydrogens (primary N) is 1. The highest BCUT2D eigenvalue weighted by molar-refractivity contribution is 5.82. The SMILES string of the molecule is CC(C)(O)COc1cc2nc(-c3nnc4ccc(C(N5CCC(C)(N)C5)C(F)(F)F)cn34)ccc2cc1F. The first-order chi connectivity index (χ1) is 17.7. The summed E-state index contributed by atoms with van der Waals surface area (Å²) in [5.41, 5.74) is 5.37. The van der Waals surface area contributed by atoms with Gasteiger partial charge >= 0.3 is 6.18 Å². The molecule has 4 heterocycles. The van der Waals surface area contributed by atoms with Crippen LogP contribution in [0.4, 0.5) is 17.6 Å². The first-order valence-electron chi connectivity index (χ1n) is 12.1. The lowest BCUT2D eigenvalue weighted by Gasteiger charge is -2.31. The molecule has 0 spiro atoms. The van der Waals surface area contributed by atoms with Gasteiger partial charge in [0.1, 0.15) is 18.3 Å². The third-order valence-corrected chi connectivity index (χ3v) is 6.50. The number of aromatic nitrogens is 4. The number of hydrogen-bond acceptors (Lipinski definition) is 7. The minimum atomic E-state index is -4.52. The number of hydrogen-bond donors (Lipinski definition) is 2. The van der Waals surface area contributed by atoms with Gasteiger partial charge < -0.3 is 15.6 Å². The van der Waals surface area contributed by atoms with Crippen LogP contribution in [0.5, 0.6) is 5.75 Å². The minimum Gasteiger partial charge on any atom is -0.487 e. The highest BCUT2D eigenvalue weighted by Gasteiger charge is 2.48. The Balaban J connectivity index is 1.54. The number of pyridine rings is 2. The number of aliphatic hydroxyl groups is 1. The van der Waals surface area contributed by atoms with E-state index in [4.69, 9.17) is 10.5 Å². The van der Waals surface area contributed by atoms with Crippen LogP contribution in [-0.4, -0.2) is 66.6 Å². The van der Waals surface area contributed by atoms with Crippen molar-refractivity contribution in [1.29, 1.82) is 0 Å². The van der Waals surface area contributed by atoms with Gasteiger partial charge in [-0.2, -0.15) is 13.2 Å². The van der Waals surface area contributed by atoms with Crippen LogP contribution in [-0.2, 0) is 0 Å². The first kappa shape index (κ1) is 26.3. The lowest BCUT2D eigenvalue weighted by Crippen LogP contribution is -2.43. The minimum absolute atomic E-state index is 0.0360. The Morgan fingerprint density at radius 2 is 1.92 bits per heavy atom. The van der Waals surface area contributed by atoms with Crippen LogP contribution in [0.1, 0.15) is 38.8 Å². The molecule has 1 fully saturated rings. The number of nitrogens with zero attached hydrogens (tertiary/aromatic N) is 5. The summed E-state index contributed by atoms with van der Waals surface area (Å²) in [5, 5.41) is 18.6. The van der Waals surface area contributed by atoms with E-state index < -0.39 is 29.2 Å². The number of benzene rings is 1. The molecule has 2 atom stereocenters. The van der Waals surface area contributed by atoms with Gasteiger partial charge in [0.2, 0.25) is 0 Å². The average molecular weight is 533 g/mol. The van der Waals surface area contributed by atoms with Crippen molar-refractivity contribution in [2.75, 3.05) is 19.7 Å². The molecule has 0 saturated carbocycles. The molecule has 0 bridgehead atoms. The van der Waals surface area contributed by atoms with E-state index >= 15 is 0 Å². The molecule has 5 rings (SSSR count). The van der Waals surface area contributed by atoms with Crippen molar-refractivity contribution < 1.29 is 27.4 Å². The summed E-state index contributed by atoms with van der Waals surface area (Å²) >= 11 is 0. The number of likely N-dealkylation sites (tertiary alicyclic amines) is 1. The molecular weight excluding hydrogens is 504 g/mol. The molecule has 4 aromatic rings. The van der Waals surface area contributed by atoms with Crippen molar-refractivity contribution in [2.45, 2.75) is 50.6 Å². The predicted octanol–water partition coefficient (Wildman–Crippen LogP) is 4.26. The first-order valence-corrected chi connectivity index (χ1v) is 12.1. The van der Waals surface area contributed by atoms with E-state index in [0.717, 1.165) is 0 Å². The van der Waals surface area contributed by atoms with Crippen LogP contribution in [0, 0.1) is 5.82 Å². The molecule has 0 aliphatic carbocycles. The lowest BCUT2D eigenvalue weighted by atomic mass is 10.0. The van der Waals surface area contributed by atoms with Gasteiger partial charge in [0.25, 0.3) is 0 Å². The number of rotatable bonds is 6. The smallest absolute Gasteiger partial charge is 0.408 e. The summed E-state index contributed by atoms with van der Waals surface area (Å²) in [6.07, 6.45) is -2.68. The Morgan fingerprint density at radius 1 is 1.16 bits per heavy atom. The normalized spacial score (nSPS) is 19.9. The fraction of sp³-hybridized carbons (Fsp3) is 0.423. The Labute approximate surface area is 216 Å². The van der Waals surface area contributed by atoms with Gasteiger partial charge in [-0.25, -0.2) is 9.37 Å². The zero-order valence-electron chi connectivity index (χ0n) is 21.1. The van der Waals surface area contributed by atoms with Crippen LogP contribution >= 0.6 is 0 Å². The summed E-state index contributed by atoms with van der Waals surface area (Å²) in [5.74, 6) is -0.455. The summed E-state index contributed by atoms with van der Waals surface area (Å²) in [6.45, 7) is 5.03. The Bertz CT molecular complexity index is 1500. The van der Waals surface area contributed by atoms with Gasteiger partial charge in [0.15, 0.2) is 23.0 Å². The fourth-order valence-electron chi connectivity index (χ4n) is 4.71. The van der Waals surface area contributed by atoms with Crippen LogP contribution in [0.2, 0.25) is 0 Å². The van der Waals surface area contributed by atoms with E-state index in [1.165, 1.54) is 53.6 Å². The number of halogens is 4. The van der Waals surface area contributed by atoms with E-state index in [1.54, 1.807) is 19.1 Å². The molecular formula is C26H28F4N6O2. The summed E-state index contributed by atoms with van der Waals surface area (Å²) < 4.78 is 64.1. The van der Waals surface area contributed by atoms with Gasteiger partial charge in [-0.3, -0.25) is 9.30 Å². The predicted molar refractivity (Wildman–Crippen MR) is 133 cm³/mol. The zero-order chi connectivity index (χ0) is 27.5. The van der Waals surface area contributed by atoms with Crippen LogP contribution < -0.4 is 10.5 Å². The van der Waals surface area contributed by atoms with Gasteiger partial charge in [0, 0.05) is 36.3 Å². The van der Waals surface area contributed by atoms with Gasteiger partial charge in [-0.1, -0.05) is 12.1 Å². The second-order valence-electron chi connectivity index (χ2n) is 10.8. The third kappa shape index (κ3) is 5.29. The molecule has 2 unspecified atom stereocenters. The Kier molecular flexibility index (Phi) is 6.32. The monoisotopic (exact) mass is 532 g/mol. The van der Waals surface area contributed by atoms with Gasteiger partial charge in [0.05, 0.1) is 11.1 Å². The number of fused-ring (bicyclic) bond motifs is 2. The Morgan fingerprint density at radius 3 is 2.58 bits per heavy atom. The van der Waals surface area contributed by atoms with Crippen molar-refractivity contribution in [3.63, 3.8) is 0 Å². The summed E-state index contributed by atoms with van der Waals surface area (Å²) in [4.78, 5) is 5.90. The molecule has 1 aliphatic heterocycles. The molecule has 202 valence electrons. The Hall–Kier alpha value is -3.35. The molecule has 3 aromatic heterocycles. The molecule has 0 amide bonds. The van der Waals surface area contributed by atoms with E-state index in [2.05, 4.69) is 15.2 Å². The standard InChI is InChI=1S/C26H28F4N6O2/c1-24(2,37)14-38-20-11-19-15(10-17(20)27)4-6-18(32-19)23-34-33-21-7-5-16(12-36(21)23)22(26(28,29)30)35-9-8-25(3,31)13-35/h4-7,10-12,22,37H,8-9,13-14,31H2,1-3H3. The summed E-state index contributed by atoms with van der Waals surface area (Å²) in [6, 6.07) is 6.96. The maximum atomic E-state index is 14.5. The lowest BCUT2D eigenvalue weighted by molar-refractivity contribution is -0.184. The largest absolute Gasteiger partial charge is 0.487 e. The zero-order valence-corrected chi connectivity index (χ0v) is 21.1. The maximum absolute atomic E-state index is 14.5. The molecule has 1 aliphatic rings. The van der Waals surface area contributed by atoms with Crippen LogP contribution in [0.15, 0.2) is 42.6 Å². The highest BCUT2D eigenvalue weighted by atomic mass is 19.4. The van der Waals surface area contributed by atoms with Crippen LogP contribution in [0.25, 0.3) is 28.1 Å². The maximum Gasteiger partial charge on any atom is 0.408 e. The number of ether oxygens (including phenoxy) is 1. The highest BCUT2D eigenvalue weighted by Crippen LogP contribution is 2.41. The quantitative estimate of drug-likeness (QED) is 0.358. The molecule has 1 aromatic carbocycles. The van der Waals surface area contributed by atoms with Crippen molar-refractivity contribution in [3.05, 3.63) is 54.0 Å². The van der Waals surface area contributed by atoms with Crippen molar-refractivity contribution in [1.82, 2.24) is 24.5 Å². The van der Waals surface area contributed by atoms with Gasteiger partial charge in [-0.15, -0.1) is 10.2 Å². The second-order valence-corrected chi connectivity index (χ2v) is 10.8. The van der Waals surface area contributed by atoms with E-state index in [-0.39, 0.29) is 36.8 Å². The van der Waals surface area contributed by atoms with Crippen molar-refractivity contribution >= 4 is 16.6 Å². The molecule has 38 heavy (non-hydrogen) atoms. The average Bonchev–Trinajstić information content (AvgIpc) is 3.38. The molecule has 1 saturated heterocycles. The molecule has 3 N–H and O–H groups in total. The number of alkyl halides is 3. The van der Waals surface area contributed by atoms with Gasteiger partial charge in [-0.05, 0) is 51.0 Å². The van der Waals surface area contributed by atoms with Crippen molar-refractivity contribution in [2.24, 2.45) is 5.73 Å². The fourth-order valence-corrected chi connectivity index (χ4v) is 4.71. The van der Waals surface area contributed by atoms with E-state index in [9.17, 15) is 22.7 Å². The second kappa shape index (κ2) is 9.14. The molecule has 12 heteroatoms. The van der Waals surface area contributed by atoms with Crippen molar-refractivity contribution in [3.8, 4) is 17.3 Å².